The first kappa shape index (κ1) is 16.4. The third-order valence-electron chi connectivity index (χ3n) is 3.79. The van der Waals surface area contributed by atoms with Crippen molar-refractivity contribution >= 4 is 17.5 Å². The van der Waals surface area contributed by atoms with Crippen molar-refractivity contribution in [1.29, 1.82) is 0 Å². The third-order valence-corrected chi connectivity index (χ3v) is 3.79. The molecule has 130 valence electrons. The summed E-state index contributed by atoms with van der Waals surface area (Å²) in [4.78, 5) is 15.1. The number of carbonyl (C=O) groups excluding carboxylic acids is 1. The average Bonchev–Trinajstić information content (AvgIpc) is 3.10. The summed E-state index contributed by atoms with van der Waals surface area (Å²) in [5.74, 6) is 0.284. The fourth-order valence-corrected chi connectivity index (χ4v) is 2.63. The molecule has 10 nitrogen and oxygen atoms in total. The normalized spacial score (nSPS) is 26.6. The molecule has 0 unspecified atom stereocenters. The minimum Gasteiger partial charge on any atom is -0.435 e. The molecule has 0 amide bonds. The summed E-state index contributed by atoms with van der Waals surface area (Å²) in [5.41, 5.74) is 6.83. The number of aliphatic hydroxyl groups excluding tert-OH is 2. The molecule has 0 radical (unpaired) electrons. The zero-order chi connectivity index (χ0) is 17.3. The maximum Gasteiger partial charge on any atom is 0.508 e. The minimum absolute atomic E-state index is 0.176. The Labute approximate surface area is 136 Å². The van der Waals surface area contributed by atoms with Crippen molar-refractivity contribution in [2.24, 2.45) is 0 Å². The number of anilines is 1. The molecule has 3 heterocycles. The first-order valence-corrected chi connectivity index (χ1v) is 7.42. The molecule has 1 saturated heterocycles. The van der Waals surface area contributed by atoms with E-state index in [-0.39, 0.29) is 19.0 Å². The van der Waals surface area contributed by atoms with E-state index in [1.54, 1.807) is 19.1 Å². The van der Waals surface area contributed by atoms with Gasteiger partial charge in [0, 0.05) is 0 Å². The van der Waals surface area contributed by atoms with E-state index in [1.807, 2.05) is 0 Å². The van der Waals surface area contributed by atoms with Gasteiger partial charge in [-0.25, -0.2) is 14.3 Å². The molecule has 0 aromatic carbocycles. The maximum atomic E-state index is 11.2. The predicted molar refractivity (Wildman–Crippen MR) is 80.0 cm³/mol. The molecule has 3 rings (SSSR count). The number of fused-ring (bicyclic) bond motifs is 1. The van der Waals surface area contributed by atoms with E-state index < -0.39 is 30.6 Å². The van der Waals surface area contributed by atoms with Gasteiger partial charge in [-0.15, -0.1) is 0 Å². The second-order valence-corrected chi connectivity index (χ2v) is 5.27. The van der Waals surface area contributed by atoms with Crippen LogP contribution in [0.5, 0.6) is 0 Å². The van der Waals surface area contributed by atoms with E-state index in [9.17, 15) is 15.0 Å². The van der Waals surface area contributed by atoms with Crippen LogP contribution in [0.15, 0.2) is 18.5 Å². The van der Waals surface area contributed by atoms with Crippen LogP contribution in [0.2, 0.25) is 0 Å². The van der Waals surface area contributed by atoms with E-state index in [2.05, 4.69) is 14.8 Å². The molecule has 1 aliphatic heterocycles. The van der Waals surface area contributed by atoms with Gasteiger partial charge >= 0.3 is 6.16 Å². The number of hydrogen-bond acceptors (Lipinski definition) is 9. The molecular formula is C14H18N4O6. The molecule has 0 saturated carbocycles. The Balaban J connectivity index is 1.77. The van der Waals surface area contributed by atoms with Gasteiger partial charge in [-0.05, 0) is 19.1 Å². The van der Waals surface area contributed by atoms with Gasteiger partial charge in [0.25, 0.3) is 0 Å². The van der Waals surface area contributed by atoms with Crippen LogP contribution in [0.4, 0.5) is 10.6 Å². The van der Waals surface area contributed by atoms with Crippen LogP contribution in [0.3, 0.4) is 0 Å². The standard InChI is InChI=1S/C14H18N4O6/c1-2-22-14(21)23-5-9-10(19)11(20)12(24-9)7-3-4-8-13(15)16-6-17-18(7)8/h3-4,6,9-12,19-20H,2,5H2,1H3,(H2,15,16,17)/t9-,10-,11-,12+/m1/s1. The molecule has 1 fully saturated rings. The van der Waals surface area contributed by atoms with Gasteiger partial charge in [0.15, 0.2) is 5.82 Å². The highest BCUT2D eigenvalue weighted by molar-refractivity contribution is 5.65. The average molecular weight is 338 g/mol. The largest absolute Gasteiger partial charge is 0.508 e. The van der Waals surface area contributed by atoms with Crippen molar-refractivity contribution < 1.29 is 29.2 Å². The first-order chi connectivity index (χ1) is 11.5. The second-order valence-electron chi connectivity index (χ2n) is 5.27. The van der Waals surface area contributed by atoms with E-state index in [1.165, 1.54) is 10.8 Å². The summed E-state index contributed by atoms with van der Waals surface area (Å²) in [5, 5.41) is 24.5. The van der Waals surface area contributed by atoms with Crippen LogP contribution in [0.1, 0.15) is 18.7 Å². The topological polar surface area (TPSA) is 141 Å². The smallest absolute Gasteiger partial charge is 0.435 e. The summed E-state index contributed by atoms with van der Waals surface area (Å²) in [6, 6.07) is 3.37. The number of aromatic nitrogens is 3. The zero-order valence-corrected chi connectivity index (χ0v) is 12.9. The van der Waals surface area contributed by atoms with Crippen LogP contribution < -0.4 is 5.73 Å². The van der Waals surface area contributed by atoms with Crippen molar-refractivity contribution in [3.8, 4) is 0 Å². The second kappa shape index (κ2) is 6.59. The number of nitrogen functional groups attached to an aromatic ring is 1. The molecule has 0 aliphatic carbocycles. The van der Waals surface area contributed by atoms with Crippen LogP contribution in [-0.2, 0) is 14.2 Å². The Hall–Kier alpha value is -2.43. The number of hydrogen-bond donors (Lipinski definition) is 3. The molecule has 0 bridgehead atoms. The van der Waals surface area contributed by atoms with Gasteiger partial charge in [-0.3, -0.25) is 0 Å². The summed E-state index contributed by atoms with van der Waals surface area (Å²) in [7, 11) is 0. The summed E-state index contributed by atoms with van der Waals surface area (Å²) < 4.78 is 16.6. The van der Waals surface area contributed by atoms with Crippen LogP contribution >= 0.6 is 0 Å². The Kier molecular flexibility index (Phi) is 4.51. The van der Waals surface area contributed by atoms with E-state index in [0.29, 0.717) is 11.2 Å². The van der Waals surface area contributed by atoms with E-state index in [4.69, 9.17) is 15.2 Å². The molecule has 4 atom stereocenters. The number of ether oxygens (including phenoxy) is 3. The number of nitrogens with two attached hydrogens (primary N) is 1. The van der Waals surface area contributed by atoms with Crippen LogP contribution in [0, 0.1) is 0 Å². The number of carbonyl (C=O) groups is 1. The summed E-state index contributed by atoms with van der Waals surface area (Å²) in [6.45, 7) is 1.58. The third kappa shape index (κ3) is 2.86. The highest BCUT2D eigenvalue weighted by Gasteiger charge is 2.45. The monoisotopic (exact) mass is 338 g/mol. The number of aliphatic hydroxyl groups is 2. The highest BCUT2D eigenvalue weighted by atomic mass is 16.7. The Bertz CT molecular complexity index is 735. The highest BCUT2D eigenvalue weighted by Crippen LogP contribution is 2.34. The van der Waals surface area contributed by atoms with Gasteiger partial charge in [0.1, 0.15) is 42.9 Å². The van der Waals surface area contributed by atoms with Crippen molar-refractivity contribution in [3.63, 3.8) is 0 Å². The lowest BCUT2D eigenvalue weighted by molar-refractivity contribution is -0.0415. The molecular weight excluding hydrogens is 320 g/mol. The van der Waals surface area contributed by atoms with Crippen molar-refractivity contribution in [2.45, 2.75) is 31.3 Å². The Morgan fingerprint density at radius 3 is 2.92 bits per heavy atom. The molecule has 2 aromatic heterocycles. The lowest BCUT2D eigenvalue weighted by atomic mass is 10.1. The fraction of sp³-hybridized carbons (Fsp3) is 0.500. The quantitative estimate of drug-likeness (QED) is 0.637. The SMILES string of the molecule is CCOC(=O)OC[C@H]1O[C@@H](c2ccc3c(N)ncnn23)[C@H](O)[C@@H]1O. The lowest BCUT2D eigenvalue weighted by Gasteiger charge is -2.14. The molecule has 10 heteroatoms. The molecule has 24 heavy (non-hydrogen) atoms. The maximum absolute atomic E-state index is 11.2. The molecule has 4 N–H and O–H groups in total. The van der Waals surface area contributed by atoms with Gasteiger partial charge < -0.3 is 30.2 Å². The predicted octanol–water partition coefficient (Wildman–Crippen LogP) is -0.354. The van der Waals surface area contributed by atoms with Gasteiger partial charge in [-0.1, -0.05) is 0 Å². The van der Waals surface area contributed by atoms with E-state index in [0.717, 1.165) is 0 Å². The Morgan fingerprint density at radius 1 is 1.38 bits per heavy atom. The van der Waals surface area contributed by atoms with Crippen LogP contribution in [-0.4, -0.2) is 62.5 Å². The number of nitrogens with zero attached hydrogens (tertiary/aromatic N) is 3. The molecule has 1 aliphatic rings. The zero-order valence-electron chi connectivity index (χ0n) is 12.9. The van der Waals surface area contributed by atoms with Crippen molar-refractivity contribution in [2.75, 3.05) is 18.9 Å². The molecule has 0 spiro atoms. The van der Waals surface area contributed by atoms with Gasteiger partial charge in [0.05, 0.1) is 12.3 Å². The summed E-state index contributed by atoms with van der Waals surface area (Å²) >= 11 is 0. The van der Waals surface area contributed by atoms with Crippen LogP contribution in [0.25, 0.3) is 5.52 Å². The minimum atomic E-state index is -1.23. The lowest BCUT2D eigenvalue weighted by Crippen LogP contribution is -2.34. The summed E-state index contributed by atoms with van der Waals surface area (Å²) in [6.07, 6.45) is -3.76. The van der Waals surface area contributed by atoms with Gasteiger partial charge in [-0.2, -0.15) is 5.10 Å². The number of rotatable bonds is 4. The van der Waals surface area contributed by atoms with Crippen molar-refractivity contribution in [1.82, 2.24) is 14.6 Å². The Morgan fingerprint density at radius 2 is 2.17 bits per heavy atom. The van der Waals surface area contributed by atoms with Crippen molar-refractivity contribution in [3.05, 3.63) is 24.2 Å². The van der Waals surface area contributed by atoms with Gasteiger partial charge in [0.2, 0.25) is 0 Å². The first-order valence-electron chi connectivity index (χ1n) is 7.42. The molecule has 2 aromatic rings. The van der Waals surface area contributed by atoms with E-state index >= 15 is 0 Å². The fourth-order valence-electron chi connectivity index (χ4n) is 2.63.